The Morgan fingerprint density at radius 1 is 1.19 bits per heavy atom. The Kier molecular flexibility index (Phi) is 4.26. The number of piperazine rings is 1. The van der Waals surface area contributed by atoms with E-state index in [1.54, 1.807) is 0 Å². The van der Waals surface area contributed by atoms with Gasteiger partial charge in [0.2, 0.25) is 5.91 Å². The molecule has 0 aromatic heterocycles. The molecule has 1 aromatic carbocycles. The number of nitrogens with two attached hydrogens (primary N) is 1. The summed E-state index contributed by atoms with van der Waals surface area (Å²) in [6.07, 6.45) is -4.81. The minimum absolute atomic E-state index is 0.00863. The van der Waals surface area contributed by atoms with Gasteiger partial charge in [-0.3, -0.25) is 4.79 Å². The number of rotatable bonds is 3. The minimum atomic E-state index is -4.81. The molecule has 1 aliphatic rings. The predicted molar refractivity (Wildman–Crippen MR) is 71.4 cm³/mol. The average Bonchev–Trinajstić information content (AvgIpc) is 2.37. The Morgan fingerprint density at radius 2 is 1.81 bits per heavy atom. The van der Waals surface area contributed by atoms with E-state index in [1.807, 2.05) is 11.9 Å². The summed E-state index contributed by atoms with van der Waals surface area (Å²) in [6, 6.07) is 3.75. The zero-order valence-corrected chi connectivity index (χ0v) is 11.5. The van der Waals surface area contributed by atoms with Gasteiger partial charge in [0.1, 0.15) is 5.75 Å². The number of hydrogen-bond donors (Lipinski definition) is 1. The van der Waals surface area contributed by atoms with Crippen molar-refractivity contribution < 1.29 is 22.7 Å². The number of carbonyl (C=O) groups is 1. The third-order valence-corrected chi connectivity index (χ3v) is 3.28. The molecule has 1 aromatic rings. The fourth-order valence-corrected chi connectivity index (χ4v) is 2.17. The van der Waals surface area contributed by atoms with E-state index in [1.165, 1.54) is 12.1 Å². The van der Waals surface area contributed by atoms with E-state index in [2.05, 4.69) is 9.64 Å². The number of ether oxygens (including phenoxy) is 1. The van der Waals surface area contributed by atoms with E-state index in [0.29, 0.717) is 18.8 Å². The zero-order valence-electron chi connectivity index (χ0n) is 11.5. The van der Waals surface area contributed by atoms with Gasteiger partial charge in [-0.2, -0.15) is 0 Å². The highest BCUT2D eigenvalue weighted by atomic mass is 19.4. The van der Waals surface area contributed by atoms with Gasteiger partial charge in [-0.1, -0.05) is 0 Å². The molecule has 0 aliphatic carbocycles. The van der Waals surface area contributed by atoms with Crippen LogP contribution in [0.15, 0.2) is 18.2 Å². The number of likely N-dealkylation sites (N-methyl/N-ethyl adjacent to an activating group) is 1. The number of anilines is 1. The molecule has 2 rings (SSSR count). The van der Waals surface area contributed by atoms with Crippen molar-refractivity contribution in [3.8, 4) is 5.75 Å². The lowest BCUT2D eigenvalue weighted by Crippen LogP contribution is -2.44. The van der Waals surface area contributed by atoms with Gasteiger partial charge >= 0.3 is 6.36 Å². The van der Waals surface area contributed by atoms with E-state index < -0.39 is 18.0 Å². The largest absolute Gasteiger partial charge is 0.573 e. The van der Waals surface area contributed by atoms with Crippen LogP contribution in [0.1, 0.15) is 10.4 Å². The highest BCUT2D eigenvalue weighted by Gasteiger charge is 2.31. The second kappa shape index (κ2) is 5.80. The Morgan fingerprint density at radius 3 is 2.33 bits per heavy atom. The van der Waals surface area contributed by atoms with E-state index in [0.717, 1.165) is 19.2 Å². The highest BCUT2D eigenvalue weighted by molar-refractivity contribution is 5.94. The molecule has 2 N–H and O–H groups in total. The van der Waals surface area contributed by atoms with Crippen molar-refractivity contribution >= 4 is 11.6 Å². The van der Waals surface area contributed by atoms with E-state index in [4.69, 9.17) is 5.73 Å². The number of hydrogen-bond acceptors (Lipinski definition) is 4. The Bertz CT molecular complexity index is 526. The molecule has 0 atom stereocenters. The molecule has 0 spiro atoms. The molecular formula is C13H16F3N3O2. The number of halogens is 3. The molecule has 5 nitrogen and oxygen atoms in total. The summed E-state index contributed by atoms with van der Waals surface area (Å²) in [6.45, 7) is 2.89. The van der Waals surface area contributed by atoms with E-state index >= 15 is 0 Å². The van der Waals surface area contributed by atoms with Crippen molar-refractivity contribution in [1.82, 2.24) is 4.90 Å². The Labute approximate surface area is 120 Å². The van der Waals surface area contributed by atoms with Crippen molar-refractivity contribution in [2.45, 2.75) is 6.36 Å². The summed E-state index contributed by atoms with van der Waals surface area (Å²) in [5, 5.41) is 0. The topological polar surface area (TPSA) is 58.8 Å². The quantitative estimate of drug-likeness (QED) is 0.918. The summed E-state index contributed by atoms with van der Waals surface area (Å²) in [5.41, 5.74) is 5.65. The maximum absolute atomic E-state index is 12.3. The number of alkyl halides is 3. The summed E-state index contributed by atoms with van der Waals surface area (Å²) >= 11 is 0. The number of carbonyl (C=O) groups excluding carboxylic acids is 1. The zero-order chi connectivity index (χ0) is 15.6. The first kappa shape index (κ1) is 15.4. The maximum Gasteiger partial charge on any atom is 0.573 e. The number of primary amides is 1. The first-order valence-electron chi connectivity index (χ1n) is 6.39. The third kappa shape index (κ3) is 4.25. The van der Waals surface area contributed by atoms with Crippen molar-refractivity contribution in [1.29, 1.82) is 0 Å². The first-order chi connectivity index (χ1) is 9.74. The van der Waals surface area contributed by atoms with Gasteiger partial charge in [0.25, 0.3) is 0 Å². The maximum atomic E-state index is 12.3. The van der Waals surface area contributed by atoms with Gasteiger partial charge < -0.3 is 20.3 Å². The van der Waals surface area contributed by atoms with Gasteiger partial charge in [0.15, 0.2) is 0 Å². The number of amides is 1. The average molecular weight is 303 g/mol. The van der Waals surface area contributed by atoms with Gasteiger partial charge in [0, 0.05) is 43.5 Å². The van der Waals surface area contributed by atoms with Crippen LogP contribution in [-0.4, -0.2) is 50.4 Å². The molecule has 0 saturated carbocycles. The lowest BCUT2D eigenvalue weighted by Gasteiger charge is -2.34. The molecule has 1 saturated heterocycles. The Balaban J connectivity index is 2.29. The van der Waals surface area contributed by atoms with Crippen molar-refractivity contribution in [3.63, 3.8) is 0 Å². The van der Waals surface area contributed by atoms with Crippen molar-refractivity contribution in [2.24, 2.45) is 5.73 Å². The van der Waals surface area contributed by atoms with Crippen molar-refractivity contribution in [2.75, 3.05) is 38.1 Å². The fourth-order valence-electron chi connectivity index (χ4n) is 2.17. The predicted octanol–water partition coefficient (Wildman–Crippen LogP) is 1.44. The third-order valence-electron chi connectivity index (χ3n) is 3.28. The second-order valence-corrected chi connectivity index (χ2v) is 4.92. The van der Waals surface area contributed by atoms with Crippen LogP contribution < -0.4 is 15.4 Å². The molecule has 116 valence electrons. The Hall–Kier alpha value is -1.96. The molecule has 1 fully saturated rings. The van der Waals surface area contributed by atoms with Gasteiger partial charge in [-0.05, 0) is 19.2 Å². The van der Waals surface area contributed by atoms with Crippen LogP contribution >= 0.6 is 0 Å². The molecular weight excluding hydrogens is 287 g/mol. The van der Waals surface area contributed by atoms with E-state index in [9.17, 15) is 18.0 Å². The molecule has 0 radical (unpaired) electrons. The standard InChI is InChI=1S/C13H16F3N3O2/c1-18-2-4-19(5-3-18)10-6-9(12(17)20)7-11(8-10)21-13(14,15)16/h6-8H,2-5H2,1H3,(H2,17,20). The van der Waals surface area contributed by atoms with Crippen molar-refractivity contribution in [3.05, 3.63) is 23.8 Å². The van der Waals surface area contributed by atoms with Crippen LogP contribution in [0.25, 0.3) is 0 Å². The molecule has 0 unspecified atom stereocenters. The molecule has 1 heterocycles. The van der Waals surface area contributed by atoms with Gasteiger partial charge in [-0.25, -0.2) is 0 Å². The highest BCUT2D eigenvalue weighted by Crippen LogP contribution is 2.29. The molecule has 1 amide bonds. The number of nitrogens with zero attached hydrogens (tertiary/aromatic N) is 2. The van der Waals surface area contributed by atoms with Crippen LogP contribution in [0.4, 0.5) is 18.9 Å². The van der Waals surface area contributed by atoms with Crippen LogP contribution in [0.2, 0.25) is 0 Å². The van der Waals surface area contributed by atoms with Crippen LogP contribution in [0.5, 0.6) is 5.75 Å². The van der Waals surface area contributed by atoms with Crippen LogP contribution in [-0.2, 0) is 0 Å². The lowest BCUT2D eigenvalue weighted by atomic mass is 10.1. The monoisotopic (exact) mass is 303 g/mol. The summed E-state index contributed by atoms with van der Waals surface area (Å²) in [7, 11) is 1.97. The molecule has 1 aliphatic heterocycles. The normalized spacial score (nSPS) is 16.9. The van der Waals surface area contributed by atoms with Gasteiger partial charge in [-0.15, -0.1) is 13.2 Å². The van der Waals surface area contributed by atoms with Gasteiger partial charge in [0.05, 0.1) is 0 Å². The summed E-state index contributed by atoms with van der Waals surface area (Å²) < 4.78 is 40.9. The minimum Gasteiger partial charge on any atom is -0.406 e. The van der Waals surface area contributed by atoms with E-state index in [-0.39, 0.29) is 5.56 Å². The summed E-state index contributed by atoms with van der Waals surface area (Å²) in [5.74, 6) is -1.23. The van der Waals surface area contributed by atoms with Crippen LogP contribution in [0, 0.1) is 0 Å². The number of benzene rings is 1. The lowest BCUT2D eigenvalue weighted by molar-refractivity contribution is -0.274. The molecule has 0 bridgehead atoms. The fraction of sp³-hybridized carbons (Fsp3) is 0.462. The SMILES string of the molecule is CN1CCN(c2cc(OC(F)(F)F)cc(C(N)=O)c2)CC1. The summed E-state index contributed by atoms with van der Waals surface area (Å²) in [4.78, 5) is 15.3. The first-order valence-corrected chi connectivity index (χ1v) is 6.39. The molecule has 21 heavy (non-hydrogen) atoms. The molecule has 8 heteroatoms. The van der Waals surface area contributed by atoms with Crippen LogP contribution in [0.3, 0.4) is 0 Å². The second-order valence-electron chi connectivity index (χ2n) is 4.92. The smallest absolute Gasteiger partial charge is 0.406 e.